The minimum Gasteiger partial charge on any atom is -0.382 e. The number of rotatable bonds is 8. The first kappa shape index (κ1) is 16.6. The highest BCUT2D eigenvalue weighted by Crippen LogP contribution is 2.18. The molecule has 0 saturated carbocycles. The third-order valence-electron chi connectivity index (χ3n) is 3.29. The summed E-state index contributed by atoms with van der Waals surface area (Å²) in [6.45, 7) is 5.02. The summed E-state index contributed by atoms with van der Waals surface area (Å²) in [6, 6.07) is 5.39. The van der Waals surface area contributed by atoms with Crippen LogP contribution in [0, 0.1) is 5.82 Å². The summed E-state index contributed by atoms with van der Waals surface area (Å²) < 4.78 is 19.9. The normalized spacial score (nSPS) is 14.4. The Bertz CT molecular complexity index is 386. The average Bonchev–Trinajstić information content (AvgIpc) is 2.40. The van der Waals surface area contributed by atoms with Gasteiger partial charge in [0.2, 0.25) is 0 Å². The summed E-state index contributed by atoms with van der Waals surface area (Å²) in [6.07, 6.45) is 2.90. The maximum atomic E-state index is 13.8. The molecule has 0 fully saturated rings. The van der Waals surface area contributed by atoms with Crippen LogP contribution in [0.15, 0.2) is 22.7 Å². The Hall–Kier alpha value is -0.450. The number of benzene rings is 1. The highest BCUT2D eigenvalue weighted by Gasteiger charge is 2.13. The quantitative estimate of drug-likeness (QED) is 0.779. The van der Waals surface area contributed by atoms with Crippen molar-refractivity contribution >= 4 is 15.9 Å². The summed E-state index contributed by atoms with van der Waals surface area (Å²) in [7, 11) is 1.72. The Labute approximate surface area is 123 Å². The van der Waals surface area contributed by atoms with Crippen molar-refractivity contribution in [3.05, 3.63) is 34.1 Å². The van der Waals surface area contributed by atoms with Gasteiger partial charge in [0.05, 0.1) is 6.10 Å². The first-order valence-electron chi connectivity index (χ1n) is 6.76. The molecule has 0 aliphatic rings. The third kappa shape index (κ3) is 6.02. The number of hydrogen-bond donors (Lipinski definition) is 1. The number of halogens is 2. The molecule has 0 aliphatic carbocycles. The fraction of sp³-hybridized carbons (Fsp3) is 0.600. The Morgan fingerprint density at radius 1 is 1.37 bits per heavy atom. The lowest BCUT2D eigenvalue weighted by molar-refractivity contribution is 0.106. The average molecular weight is 332 g/mol. The number of hydrogen-bond acceptors (Lipinski definition) is 2. The molecule has 0 saturated heterocycles. The molecule has 1 aromatic carbocycles. The van der Waals surface area contributed by atoms with Crippen molar-refractivity contribution in [2.45, 2.75) is 45.3 Å². The first-order valence-corrected chi connectivity index (χ1v) is 7.56. The van der Waals surface area contributed by atoms with Gasteiger partial charge in [0.1, 0.15) is 5.82 Å². The fourth-order valence-electron chi connectivity index (χ4n) is 2.08. The number of methoxy groups -OCH3 is 1. The molecule has 0 bridgehead atoms. The predicted octanol–water partition coefficient (Wildman–Crippen LogP) is 3.92. The minimum atomic E-state index is -0.133. The molecule has 0 spiro atoms. The molecule has 2 unspecified atom stereocenters. The molecule has 0 amide bonds. The Balaban J connectivity index is 2.63. The molecule has 1 N–H and O–H groups in total. The van der Waals surface area contributed by atoms with Crippen molar-refractivity contribution in [2.75, 3.05) is 13.7 Å². The van der Waals surface area contributed by atoms with Gasteiger partial charge >= 0.3 is 0 Å². The molecule has 0 radical (unpaired) electrons. The van der Waals surface area contributed by atoms with Crippen molar-refractivity contribution < 1.29 is 9.13 Å². The summed E-state index contributed by atoms with van der Waals surface area (Å²) in [5.41, 5.74) is 0.755. The lowest BCUT2D eigenvalue weighted by Crippen LogP contribution is -2.32. The molecular formula is C15H23BrFNO. The Morgan fingerprint density at radius 3 is 2.74 bits per heavy atom. The van der Waals surface area contributed by atoms with Gasteiger partial charge in [-0.1, -0.05) is 22.9 Å². The van der Waals surface area contributed by atoms with Gasteiger partial charge in [0.25, 0.3) is 0 Å². The predicted molar refractivity (Wildman–Crippen MR) is 81.0 cm³/mol. The zero-order valence-corrected chi connectivity index (χ0v) is 13.5. The zero-order valence-electron chi connectivity index (χ0n) is 11.9. The highest BCUT2D eigenvalue weighted by atomic mass is 79.9. The summed E-state index contributed by atoms with van der Waals surface area (Å²) in [5.74, 6) is -0.133. The lowest BCUT2D eigenvalue weighted by Gasteiger charge is -2.20. The molecular weight excluding hydrogens is 309 g/mol. The Kier molecular flexibility index (Phi) is 7.57. The van der Waals surface area contributed by atoms with Gasteiger partial charge in [0, 0.05) is 17.6 Å². The second-order valence-corrected chi connectivity index (χ2v) is 5.73. The van der Waals surface area contributed by atoms with Gasteiger partial charge in [0.15, 0.2) is 0 Å². The fourth-order valence-corrected chi connectivity index (χ4v) is 2.49. The van der Waals surface area contributed by atoms with Gasteiger partial charge in [-0.2, -0.15) is 0 Å². The second-order valence-electron chi connectivity index (χ2n) is 4.82. The Morgan fingerprint density at radius 2 is 2.11 bits per heavy atom. The van der Waals surface area contributed by atoms with Gasteiger partial charge in [-0.05, 0) is 56.5 Å². The molecule has 19 heavy (non-hydrogen) atoms. The standard InChI is InChI=1S/C15H23BrFNO/c1-4-18-14(7-5-11(2)19-3)10-12-9-13(16)6-8-15(12)17/h6,8-9,11,14,18H,4-5,7,10H2,1-3H3. The first-order chi connectivity index (χ1) is 9.06. The SMILES string of the molecule is CCNC(CCC(C)OC)Cc1cc(Br)ccc1F. The van der Waals surface area contributed by atoms with Crippen LogP contribution in [0.1, 0.15) is 32.3 Å². The number of likely N-dealkylation sites (N-methyl/N-ethyl adjacent to an activating group) is 1. The number of nitrogens with one attached hydrogen (secondary N) is 1. The third-order valence-corrected chi connectivity index (χ3v) is 3.78. The van der Waals surface area contributed by atoms with E-state index in [1.807, 2.05) is 6.07 Å². The summed E-state index contributed by atoms with van der Waals surface area (Å²) in [4.78, 5) is 0. The van der Waals surface area contributed by atoms with Crippen molar-refractivity contribution in [1.29, 1.82) is 0 Å². The van der Waals surface area contributed by atoms with E-state index in [1.54, 1.807) is 13.2 Å². The van der Waals surface area contributed by atoms with Crippen molar-refractivity contribution in [1.82, 2.24) is 5.32 Å². The van der Waals surface area contributed by atoms with E-state index >= 15 is 0 Å². The van der Waals surface area contributed by atoms with Crippen molar-refractivity contribution in [3.63, 3.8) is 0 Å². The molecule has 4 heteroatoms. The summed E-state index contributed by atoms with van der Waals surface area (Å²) >= 11 is 3.39. The van der Waals surface area contributed by atoms with Crippen LogP contribution in [0.4, 0.5) is 4.39 Å². The second kappa shape index (κ2) is 8.67. The van der Waals surface area contributed by atoms with E-state index in [0.717, 1.165) is 29.4 Å². The monoisotopic (exact) mass is 331 g/mol. The van der Waals surface area contributed by atoms with Crippen LogP contribution in [0.3, 0.4) is 0 Å². The van der Waals surface area contributed by atoms with E-state index in [0.29, 0.717) is 6.42 Å². The van der Waals surface area contributed by atoms with E-state index in [1.165, 1.54) is 6.07 Å². The highest BCUT2D eigenvalue weighted by molar-refractivity contribution is 9.10. The van der Waals surface area contributed by atoms with Gasteiger partial charge in [-0.15, -0.1) is 0 Å². The van der Waals surface area contributed by atoms with Gasteiger partial charge in [-0.25, -0.2) is 4.39 Å². The molecule has 0 heterocycles. The summed E-state index contributed by atoms with van der Waals surface area (Å²) in [5, 5.41) is 3.42. The molecule has 1 aromatic rings. The van der Waals surface area contributed by atoms with E-state index in [2.05, 4.69) is 35.1 Å². The van der Waals surface area contributed by atoms with Gasteiger partial charge in [-0.3, -0.25) is 0 Å². The smallest absolute Gasteiger partial charge is 0.126 e. The topological polar surface area (TPSA) is 21.3 Å². The van der Waals surface area contributed by atoms with E-state index < -0.39 is 0 Å². The van der Waals surface area contributed by atoms with Crippen LogP contribution in [0.2, 0.25) is 0 Å². The lowest BCUT2D eigenvalue weighted by atomic mass is 10.00. The number of ether oxygens (including phenoxy) is 1. The largest absolute Gasteiger partial charge is 0.382 e. The van der Waals surface area contributed by atoms with Crippen LogP contribution in [-0.2, 0) is 11.2 Å². The van der Waals surface area contributed by atoms with Crippen molar-refractivity contribution in [3.8, 4) is 0 Å². The van der Waals surface area contributed by atoms with Crippen LogP contribution in [0.25, 0.3) is 0 Å². The molecule has 108 valence electrons. The van der Waals surface area contributed by atoms with Crippen molar-refractivity contribution in [2.24, 2.45) is 0 Å². The maximum absolute atomic E-state index is 13.8. The van der Waals surface area contributed by atoms with E-state index in [4.69, 9.17) is 4.74 Å². The molecule has 0 aromatic heterocycles. The van der Waals surface area contributed by atoms with Crippen LogP contribution in [-0.4, -0.2) is 25.8 Å². The van der Waals surface area contributed by atoms with Crippen LogP contribution >= 0.6 is 15.9 Å². The molecule has 1 rings (SSSR count). The molecule has 2 nitrogen and oxygen atoms in total. The zero-order chi connectivity index (χ0) is 14.3. The van der Waals surface area contributed by atoms with E-state index in [-0.39, 0.29) is 18.0 Å². The molecule has 2 atom stereocenters. The molecule has 0 aliphatic heterocycles. The minimum absolute atomic E-state index is 0.133. The van der Waals surface area contributed by atoms with Crippen LogP contribution in [0.5, 0.6) is 0 Å². The maximum Gasteiger partial charge on any atom is 0.126 e. The van der Waals surface area contributed by atoms with E-state index in [9.17, 15) is 4.39 Å². The van der Waals surface area contributed by atoms with Crippen LogP contribution < -0.4 is 5.32 Å². The van der Waals surface area contributed by atoms with Gasteiger partial charge < -0.3 is 10.1 Å².